The van der Waals surface area contributed by atoms with Crippen LogP contribution in [0.2, 0.25) is 0 Å². The first kappa shape index (κ1) is 26.2. The Morgan fingerprint density at radius 3 is 2.29 bits per heavy atom. The molecule has 1 aromatic rings. The Morgan fingerprint density at radius 1 is 0.971 bits per heavy atom. The second-order valence-electron chi connectivity index (χ2n) is 9.82. The van der Waals surface area contributed by atoms with E-state index in [9.17, 15) is 19.8 Å². The van der Waals surface area contributed by atoms with Gasteiger partial charge in [0.05, 0.1) is 18.8 Å². The van der Waals surface area contributed by atoms with E-state index in [1.54, 1.807) is 16.7 Å². The molecule has 0 unspecified atom stereocenters. The zero-order valence-electron chi connectivity index (χ0n) is 20.9. The summed E-state index contributed by atoms with van der Waals surface area (Å²) >= 11 is 0. The summed E-state index contributed by atoms with van der Waals surface area (Å²) in [6, 6.07) is 5.80. The van der Waals surface area contributed by atoms with Gasteiger partial charge in [0, 0.05) is 46.2 Å². The molecule has 2 aliphatic rings. The summed E-state index contributed by atoms with van der Waals surface area (Å²) < 4.78 is 11.0. The highest BCUT2D eigenvalue weighted by molar-refractivity contribution is 5.73. The van der Waals surface area contributed by atoms with Crippen LogP contribution < -0.4 is 4.74 Å². The number of amides is 2. The Labute approximate surface area is 202 Å². The van der Waals surface area contributed by atoms with Crippen molar-refractivity contribution < 1.29 is 29.3 Å². The third-order valence-electron chi connectivity index (χ3n) is 6.86. The molecule has 0 spiro atoms. The molecule has 9 heteroatoms. The standard InChI is InChI=1S/C25H39N3O6/c1-5-33-23(30)27-10-8-24(31,9-11-27)15-26-12-13-28(21(4)29)17-25(32,16-26)18-34-22-7-6-19(2)20(3)14-22/h6-7,14,31-32H,5,8-13,15-18H2,1-4H3/t25-/m1/s1. The minimum absolute atomic E-state index is 0.0326. The molecule has 0 radical (unpaired) electrons. The fraction of sp³-hybridized carbons (Fsp3) is 0.680. The van der Waals surface area contributed by atoms with Crippen molar-refractivity contribution in [2.45, 2.75) is 51.7 Å². The zero-order valence-corrected chi connectivity index (χ0v) is 20.9. The normalized spacial score (nSPS) is 23.4. The van der Waals surface area contributed by atoms with Gasteiger partial charge < -0.3 is 29.5 Å². The first-order valence-corrected chi connectivity index (χ1v) is 12.1. The smallest absolute Gasteiger partial charge is 0.409 e. The molecule has 2 heterocycles. The maximum Gasteiger partial charge on any atom is 0.409 e. The van der Waals surface area contributed by atoms with Crippen LogP contribution in [0.4, 0.5) is 4.79 Å². The zero-order chi connectivity index (χ0) is 24.9. The molecule has 2 fully saturated rings. The molecule has 190 valence electrons. The van der Waals surface area contributed by atoms with Gasteiger partial charge in [-0.25, -0.2) is 4.79 Å². The van der Waals surface area contributed by atoms with E-state index in [2.05, 4.69) is 0 Å². The average molecular weight is 478 g/mol. The molecule has 9 nitrogen and oxygen atoms in total. The summed E-state index contributed by atoms with van der Waals surface area (Å²) in [7, 11) is 0. The van der Waals surface area contributed by atoms with Crippen LogP contribution in [0.15, 0.2) is 18.2 Å². The third kappa shape index (κ3) is 6.84. The number of rotatable bonds is 6. The van der Waals surface area contributed by atoms with Crippen LogP contribution in [0, 0.1) is 13.8 Å². The summed E-state index contributed by atoms with van der Waals surface area (Å²) in [5.74, 6) is 0.569. The van der Waals surface area contributed by atoms with E-state index in [1.807, 2.05) is 36.9 Å². The van der Waals surface area contributed by atoms with Crippen LogP contribution in [0.3, 0.4) is 0 Å². The molecule has 2 saturated heterocycles. The van der Waals surface area contributed by atoms with Crippen molar-refractivity contribution in [1.82, 2.24) is 14.7 Å². The Bertz CT molecular complexity index is 870. The van der Waals surface area contributed by atoms with Gasteiger partial charge in [-0.05, 0) is 56.9 Å². The van der Waals surface area contributed by atoms with Crippen molar-refractivity contribution in [3.63, 3.8) is 0 Å². The SMILES string of the molecule is CCOC(=O)N1CCC(O)(CN2CCN(C(C)=O)C[C@@](O)(COc3ccc(C)c(C)c3)C2)CC1. The predicted molar refractivity (Wildman–Crippen MR) is 128 cm³/mol. The number of ether oxygens (including phenoxy) is 2. The number of β-amino-alcohol motifs (C(OH)–C–C–N with tert-alkyl or cyclic N) is 2. The number of hydrogen-bond donors (Lipinski definition) is 2. The first-order chi connectivity index (χ1) is 16.0. The Kier molecular flexibility index (Phi) is 8.43. The van der Waals surface area contributed by atoms with Crippen molar-refractivity contribution in [1.29, 1.82) is 0 Å². The topological polar surface area (TPSA) is 103 Å². The van der Waals surface area contributed by atoms with Crippen LogP contribution in [0.1, 0.15) is 37.8 Å². The molecule has 1 atom stereocenters. The molecule has 2 amide bonds. The van der Waals surface area contributed by atoms with Gasteiger partial charge in [-0.2, -0.15) is 0 Å². The van der Waals surface area contributed by atoms with E-state index in [1.165, 1.54) is 6.92 Å². The summed E-state index contributed by atoms with van der Waals surface area (Å²) in [4.78, 5) is 29.4. The number of likely N-dealkylation sites (tertiary alicyclic amines) is 1. The molecule has 2 aliphatic heterocycles. The van der Waals surface area contributed by atoms with Crippen LogP contribution in [-0.4, -0.2) is 107 Å². The maximum absolute atomic E-state index is 12.2. The number of nitrogens with zero attached hydrogens (tertiary/aromatic N) is 3. The maximum atomic E-state index is 12.2. The molecule has 0 saturated carbocycles. The lowest BCUT2D eigenvalue weighted by Crippen LogP contribution is -2.56. The van der Waals surface area contributed by atoms with Crippen LogP contribution >= 0.6 is 0 Å². The largest absolute Gasteiger partial charge is 0.490 e. The van der Waals surface area contributed by atoms with Gasteiger partial charge in [0.25, 0.3) is 0 Å². The van der Waals surface area contributed by atoms with Gasteiger partial charge in [0.2, 0.25) is 5.91 Å². The summed E-state index contributed by atoms with van der Waals surface area (Å²) in [5, 5.41) is 22.7. The number of benzene rings is 1. The number of aliphatic hydroxyl groups is 2. The van der Waals surface area contributed by atoms with E-state index >= 15 is 0 Å². The Balaban J connectivity index is 1.66. The van der Waals surface area contributed by atoms with Crippen molar-refractivity contribution in [3.8, 4) is 5.75 Å². The van der Waals surface area contributed by atoms with Crippen LogP contribution in [0.5, 0.6) is 5.75 Å². The average Bonchev–Trinajstić information content (AvgIpc) is 2.94. The van der Waals surface area contributed by atoms with Crippen LogP contribution in [0.25, 0.3) is 0 Å². The number of hydrogen-bond acceptors (Lipinski definition) is 7. The van der Waals surface area contributed by atoms with Gasteiger partial charge in [0.15, 0.2) is 0 Å². The van der Waals surface area contributed by atoms with E-state index < -0.39 is 11.2 Å². The summed E-state index contributed by atoms with van der Waals surface area (Å²) in [6.07, 6.45) is 0.501. The Morgan fingerprint density at radius 2 is 1.68 bits per heavy atom. The molecular formula is C25H39N3O6. The summed E-state index contributed by atoms with van der Waals surface area (Å²) in [5.41, 5.74) is -0.00174. The van der Waals surface area contributed by atoms with E-state index in [0.29, 0.717) is 57.9 Å². The molecule has 0 aliphatic carbocycles. The minimum Gasteiger partial charge on any atom is -0.490 e. The van der Waals surface area contributed by atoms with E-state index in [4.69, 9.17) is 9.47 Å². The van der Waals surface area contributed by atoms with Crippen molar-refractivity contribution in [2.24, 2.45) is 0 Å². The van der Waals surface area contributed by atoms with Gasteiger partial charge >= 0.3 is 6.09 Å². The molecule has 3 rings (SSSR count). The van der Waals surface area contributed by atoms with Crippen molar-refractivity contribution in [3.05, 3.63) is 29.3 Å². The fourth-order valence-corrected chi connectivity index (χ4v) is 4.65. The van der Waals surface area contributed by atoms with Gasteiger partial charge in [0.1, 0.15) is 18.0 Å². The molecule has 2 N–H and O–H groups in total. The number of aryl methyl sites for hydroxylation is 2. The second kappa shape index (κ2) is 10.9. The molecule has 0 bridgehead atoms. The third-order valence-corrected chi connectivity index (χ3v) is 6.86. The summed E-state index contributed by atoms with van der Waals surface area (Å²) in [6.45, 7) is 10.3. The monoisotopic (exact) mass is 477 g/mol. The minimum atomic E-state index is -1.29. The fourth-order valence-electron chi connectivity index (χ4n) is 4.65. The number of carbonyl (C=O) groups is 2. The number of carbonyl (C=O) groups excluding carboxylic acids is 2. The van der Waals surface area contributed by atoms with Gasteiger partial charge in [-0.3, -0.25) is 9.69 Å². The van der Waals surface area contributed by atoms with Gasteiger partial charge in [-0.15, -0.1) is 0 Å². The predicted octanol–water partition coefficient (Wildman–Crippen LogP) is 1.56. The van der Waals surface area contributed by atoms with Crippen LogP contribution in [-0.2, 0) is 9.53 Å². The first-order valence-electron chi connectivity index (χ1n) is 12.1. The van der Waals surface area contributed by atoms with Crippen molar-refractivity contribution >= 4 is 12.0 Å². The lowest BCUT2D eigenvalue weighted by atomic mass is 9.90. The number of piperidine rings is 1. The highest BCUT2D eigenvalue weighted by Crippen LogP contribution is 2.26. The second-order valence-corrected chi connectivity index (χ2v) is 9.82. The lowest BCUT2D eigenvalue weighted by molar-refractivity contribution is -0.132. The highest BCUT2D eigenvalue weighted by Gasteiger charge is 2.41. The van der Waals surface area contributed by atoms with E-state index in [-0.39, 0.29) is 31.7 Å². The lowest BCUT2D eigenvalue weighted by Gasteiger charge is -2.41. The molecule has 1 aromatic carbocycles. The van der Waals surface area contributed by atoms with E-state index in [0.717, 1.165) is 11.1 Å². The van der Waals surface area contributed by atoms with Gasteiger partial charge in [-0.1, -0.05) is 6.07 Å². The molecule has 34 heavy (non-hydrogen) atoms. The molecular weight excluding hydrogens is 438 g/mol. The molecule has 0 aromatic heterocycles. The highest BCUT2D eigenvalue weighted by atomic mass is 16.6. The quantitative estimate of drug-likeness (QED) is 0.641. The Hall–Kier alpha value is -2.36. The van der Waals surface area contributed by atoms with Crippen molar-refractivity contribution in [2.75, 3.05) is 59.0 Å².